The molecule has 1 N–H and O–H groups in total. The Hall–Kier alpha value is -1.22. The van der Waals surface area contributed by atoms with E-state index in [1.54, 1.807) is 6.92 Å². The van der Waals surface area contributed by atoms with Crippen molar-refractivity contribution in [3.63, 3.8) is 0 Å². The maximum atomic E-state index is 11.0. The smallest absolute Gasteiger partial charge is 0.217 e. The highest BCUT2D eigenvalue weighted by molar-refractivity contribution is 7.99. The third-order valence-corrected chi connectivity index (χ3v) is 4.71. The molecule has 1 aromatic carbocycles. The molecule has 0 saturated heterocycles. The Bertz CT molecular complexity index is 481. The van der Waals surface area contributed by atoms with Crippen LogP contribution in [0.4, 0.5) is 0 Å². The number of allylic oxidation sites excluding steroid dienone is 1. The van der Waals surface area contributed by atoms with E-state index < -0.39 is 0 Å². The molecular weight excluding hydrogens is 326 g/mol. The molecule has 3 heteroatoms. The Kier molecular flexibility index (Phi) is 15.5. The van der Waals surface area contributed by atoms with Crippen LogP contribution in [-0.4, -0.2) is 23.5 Å². The molecule has 1 aromatic rings. The first kappa shape index (κ1) is 23.8. The zero-order valence-electron chi connectivity index (χ0n) is 16.8. The van der Waals surface area contributed by atoms with Gasteiger partial charge in [0.15, 0.2) is 0 Å². The molecule has 0 aliphatic rings. The molecule has 0 fully saturated rings. The van der Waals surface area contributed by atoms with Gasteiger partial charge in [0.05, 0.1) is 0 Å². The molecule has 0 bridgehead atoms. The van der Waals surface area contributed by atoms with Crippen LogP contribution in [0.1, 0.15) is 64.5 Å². The van der Waals surface area contributed by atoms with E-state index in [-0.39, 0.29) is 11.9 Å². The largest absolute Gasteiger partial charge is 0.350 e. The van der Waals surface area contributed by atoms with E-state index in [1.807, 2.05) is 11.8 Å². The van der Waals surface area contributed by atoms with Gasteiger partial charge in [-0.2, -0.15) is 11.8 Å². The predicted octanol–water partition coefficient (Wildman–Crippen LogP) is 5.94. The summed E-state index contributed by atoms with van der Waals surface area (Å²) < 4.78 is 0. The topological polar surface area (TPSA) is 29.1 Å². The minimum atomic E-state index is 0.0326. The summed E-state index contributed by atoms with van der Waals surface area (Å²) in [4.78, 5) is 11.0. The van der Waals surface area contributed by atoms with Gasteiger partial charge in [0.2, 0.25) is 5.91 Å². The molecular formula is C22H37NOS. The van der Waals surface area contributed by atoms with E-state index in [1.165, 1.54) is 35.5 Å². The minimum Gasteiger partial charge on any atom is -0.350 e. The molecule has 0 spiro atoms. The van der Waals surface area contributed by atoms with Crippen molar-refractivity contribution in [2.75, 3.05) is 11.5 Å². The lowest BCUT2D eigenvalue weighted by molar-refractivity contribution is -0.119. The van der Waals surface area contributed by atoms with E-state index >= 15 is 0 Å². The Labute approximate surface area is 159 Å². The minimum absolute atomic E-state index is 0.0326. The molecule has 0 aromatic heterocycles. The summed E-state index contributed by atoms with van der Waals surface area (Å²) in [6.07, 6.45) is 9.98. The molecule has 1 atom stereocenters. The molecule has 1 rings (SSSR count). The maximum Gasteiger partial charge on any atom is 0.217 e. The Balaban J connectivity index is 0.000000697. The van der Waals surface area contributed by atoms with Crippen LogP contribution in [0.15, 0.2) is 36.4 Å². The highest BCUT2D eigenvalue weighted by Crippen LogP contribution is 2.07. The van der Waals surface area contributed by atoms with Crippen LogP contribution in [0.25, 0.3) is 0 Å². The lowest BCUT2D eigenvalue weighted by atomic mass is 10.1. The summed E-state index contributed by atoms with van der Waals surface area (Å²) in [5.74, 6) is 2.66. The van der Waals surface area contributed by atoms with Gasteiger partial charge in [0.25, 0.3) is 0 Å². The SMILES string of the molecule is CCC(/C=C/CCc1cccc(C)c1)NC(C)=O.CCCCSCC. The van der Waals surface area contributed by atoms with Gasteiger partial charge in [-0.05, 0) is 49.7 Å². The first-order chi connectivity index (χ1) is 12.0. The van der Waals surface area contributed by atoms with Crippen LogP contribution >= 0.6 is 11.8 Å². The second kappa shape index (κ2) is 16.3. The maximum absolute atomic E-state index is 11.0. The lowest BCUT2D eigenvalue weighted by Gasteiger charge is -2.10. The quantitative estimate of drug-likeness (QED) is 0.412. The number of rotatable bonds is 10. The zero-order valence-corrected chi connectivity index (χ0v) is 17.6. The van der Waals surface area contributed by atoms with Crippen molar-refractivity contribution >= 4 is 17.7 Å². The van der Waals surface area contributed by atoms with E-state index in [0.29, 0.717) is 0 Å². The highest BCUT2D eigenvalue weighted by atomic mass is 32.2. The van der Waals surface area contributed by atoms with Crippen LogP contribution in [-0.2, 0) is 11.2 Å². The summed E-state index contributed by atoms with van der Waals surface area (Å²) in [6, 6.07) is 8.76. The van der Waals surface area contributed by atoms with E-state index in [4.69, 9.17) is 0 Å². The van der Waals surface area contributed by atoms with E-state index in [9.17, 15) is 4.79 Å². The Morgan fingerprint density at radius 1 is 1.28 bits per heavy atom. The molecule has 2 nitrogen and oxygen atoms in total. The number of hydrogen-bond acceptors (Lipinski definition) is 2. The number of nitrogens with one attached hydrogen (secondary N) is 1. The number of carbonyl (C=O) groups is 1. The molecule has 0 radical (unpaired) electrons. The molecule has 25 heavy (non-hydrogen) atoms. The summed E-state index contributed by atoms with van der Waals surface area (Å²) >= 11 is 2.03. The first-order valence-corrected chi connectivity index (χ1v) is 10.8. The summed E-state index contributed by atoms with van der Waals surface area (Å²) in [5, 5.41) is 2.91. The van der Waals surface area contributed by atoms with E-state index in [0.717, 1.165) is 19.3 Å². The predicted molar refractivity (Wildman–Crippen MR) is 114 cm³/mol. The van der Waals surface area contributed by atoms with Gasteiger partial charge < -0.3 is 5.32 Å². The molecule has 142 valence electrons. The number of amides is 1. The van der Waals surface area contributed by atoms with Gasteiger partial charge in [-0.3, -0.25) is 4.79 Å². The number of thioether (sulfide) groups is 1. The van der Waals surface area contributed by atoms with Crippen molar-refractivity contribution in [3.8, 4) is 0 Å². The molecule has 0 aliphatic carbocycles. The van der Waals surface area contributed by atoms with Gasteiger partial charge in [-0.25, -0.2) is 0 Å². The normalized spacial score (nSPS) is 11.7. The molecule has 1 unspecified atom stereocenters. The van der Waals surface area contributed by atoms with Gasteiger partial charge in [0.1, 0.15) is 0 Å². The van der Waals surface area contributed by atoms with Gasteiger partial charge in [-0.1, -0.05) is 69.2 Å². The van der Waals surface area contributed by atoms with E-state index in [2.05, 4.69) is 69.4 Å². The molecule has 0 saturated carbocycles. The van der Waals surface area contributed by atoms with Crippen LogP contribution in [0.2, 0.25) is 0 Å². The van der Waals surface area contributed by atoms with Crippen molar-refractivity contribution in [1.82, 2.24) is 5.32 Å². The third-order valence-electron chi connectivity index (χ3n) is 3.73. The van der Waals surface area contributed by atoms with Crippen molar-refractivity contribution in [3.05, 3.63) is 47.5 Å². The van der Waals surface area contributed by atoms with Gasteiger partial charge in [-0.15, -0.1) is 0 Å². The fraction of sp³-hybridized carbons (Fsp3) is 0.591. The van der Waals surface area contributed by atoms with Crippen molar-refractivity contribution in [2.24, 2.45) is 0 Å². The second-order valence-electron chi connectivity index (χ2n) is 6.22. The molecule has 1 amide bonds. The standard InChI is InChI=1S/C16H23NO.C6H14S/c1-4-16(17-14(3)18)11-6-5-9-15-10-7-8-13(2)12-15;1-3-5-6-7-4-2/h6-8,10-12,16H,4-5,9H2,1-3H3,(H,17,18);3-6H2,1-2H3/b11-6+;. The molecule has 0 heterocycles. The average Bonchev–Trinajstić information content (AvgIpc) is 2.58. The number of aryl methyl sites for hydroxylation is 2. The van der Waals surface area contributed by atoms with Gasteiger partial charge >= 0.3 is 0 Å². The number of unbranched alkanes of at least 4 members (excludes halogenated alkanes) is 1. The van der Waals surface area contributed by atoms with Crippen LogP contribution < -0.4 is 5.32 Å². The van der Waals surface area contributed by atoms with Crippen molar-refractivity contribution < 1.29 is 4.79 Å². The number of carbonyl (C=O) groups excluding carboxylic acids is 1. The third kappa shape index (κ3) is 14.8. The summed E-state index contributed by atoms with van der Waals surface area (Å²) in [7, 11) is 0. The Morgan fingerprint density at radius 2 is 2.04 bits per heavy atom. The van der Waals surface area contributed by atoms with Crippen LogP contribution in [0, 0.1) is 6.92 Å². The second-order valence-corrected chi connectivity index (χ2v) is 7.62. The number of benzene rings is 1. The zero-order chi connectivity index (χ0) is 18.9. The number of hydrogen-bond donors (Lipinski definition) is 1. The summed E-state index contributed by atoms with van der Waals surface area (Å²) in [5.41, 5.74) is 2.67. The van der Waals surface area contributed by atoms with Crippen molar-refractivity contribution in [1.29, 1.82) is 0 Å². The Morgan fingerprint density at radius 3 is 2.60 bits per heavy atom. The fourth-order valence-corrected chi connectivity index (χ4v) is 3.10. The monoisotopic (exact) mass is 363 g/mol. The lowest BCUT2D eigenvalue weighted by Crippen LogP contribution is -2.30. The average molecular weight is 364 g/mol. The highest BCUT2D eigenvalue weighted by Gasteiger charge is 2.01. The first-order valence-electron chi connectivity index (χ1n) is 9.60. The van der Waals surface area contributed by atoms with Crippen molar-refractivity contribution in [2.45, 2.75) is 72.8 Å². The fourth-order valence-electron chi connectivity index (χ4n) is 2.32. The summed E-state index contributed by atoms with van der Waals surface area (Å²) in [6.45, 7) is 10.2. The van der Waals surface area contributed by atoms with Gasteiger partial charge in [0, 0.05) is 13.0 Å². The molecule has 0 aliphatic heterocycles. The van der Waals surface area contributed by atoms with Crippen LogP contribution in [0.3, 0.4) is 0 Å². The van der Waals surface area contributed by atoms with Crippen LogP contribution in [0.5, 0.6) is 0 Å².